The number of hydrogen-bond acceptors (Lipinski definition) is 1. The van der Waals surface area contributed by atoms with Gasteiger partial charge in [-0.05, 0) is 31.0 Å². The van der Waals surface area contributed by atoms with Crippen molar-refractivity contribution in [3.05, 3.63) is 35.5 Å². The average Bonchev–Trinajstić information content (AvgIpc) is 2.54. The SMILES string of the molecule is CCc1c(CCN)c2ccccc2n1C. The van der Waals surface area contributed by atoms with Crippen molar-refractivity contribution in [2.24, 2.45) is 12.8 Å². The van der Waals surface area contributed by atoms with Crippen molar-refractivity contribution in [1.29, 1.82) is 0 Å². The van der Waals surface area contributed by atoms with Gasteiger partial charge in [0, 0.05) is 23.6 Å². The summed E-state index contributed by atoms with van der Waals surface area (Å²) in [6.07, 6.45) is 2.05. The van der Waals surface area contributed by atoms with Gasteiger partial charge in [0.05, 0.1) is 0 Å². The first-order valence-electron chi connectivity index (χ1n) is 5.54. The molecule has 15 heavy (non-hydrogen) atoms. The van der Waals surface area contributed by atoms with Crippen LogP contribution in [0.4, 0.5) is 0 Å². The van der Waals surface area contributed by atoms with Crippen molar-refractivity contribution >= 4 is 10.9 Å². The fourth-order valence-corrected chi connectivity index (χ4v) is 2.40. The zero-order chi connectivity index (χ0) is 10.8. The number of nitrogens with zero attached hydrogens (tertiary/aromatic N) is 1. The molecule has 0 unspecified atom stereocenters. The highest BCUT2D eigenvalue weighted by atomic mass is 14.9. The monoisotopic (exact) mass is 202 g/mol. The molecule has 0 spiro atoms. The first-order chi connectivity index (χ1) is 7.29. The van der Waals surface area contributed by atoms with Crippen LogP contribution in [0.15, 0.2) is 24.3 Å². The summed E-state index contributed by atoms with van der Waals surface area (Å²) in [7, 11) is 2.14. The molecule has 0 atom stereocenters. The number of hydrogen-bond donors (Lipinski definition) is 1. The van der Waals surface area contributed by atoms with Gasteiger partial charge in [0.15, 0.2) is 0 Å². The number of rotatable bonds is 3. The number of nitrogens with two attached hydrogens (primary N) is 1. The van der Waals surface area contributed by atoms with Crippen LogP contribution in [0.5, 0.6) is 0 Å². The lowest BCUT2D eigenvalue weighted by Crippen LogP contribution is -2.05. The Bertz CT molecular complexity index is 469. The normalized spacial score (nSPS) is 11.1. The zero-order valence-electron chi connectivity index (χ0n) is 9.46. The molecule has 1 aromatic carbocycles. The highest BCUT2D eigenvalue weighted by molar-refractivity contribution is 5.85. The summed E-state index contributed by atoms with van der Waals surface area (Å²) in [6.45, 7) is 2.93. The maximum absolute atomic E-state index is 5.68. The van der Waals surface area contributed by atoms with E-state index in [9.17, 15) is 0 Å². The average molecular weight is 202 g/mol. The number of fused-ring (bicyclic) bond motifs is 1. The zero-order valence-corrected chi connectivity index (χ0v) is 9.46. The Morgan fingerprint density at radius 3 is 2.67 bits per heavy atom. The summed E-state index contributed by atoms with van der Waals surface area (Å²) in [5.41, 5.74) is 9.84. The summed E-state index contributed by atoms with van der Waals surface area (Å²) < 4.78 is 2.29. The summed E-state index contributed by atoms with van der Waals surface area (Å²) in [5, 5.41) is 1.36. The van der Waals surface area contributed by atoms with Crippen molar-refractivity contribution in [3.63, 3.8) is 0 Å². The van der Waals surface area contributed by atoms with E-state index in [-0.39, 0.29) is 0 Å². The van der Waals surface area contributed by atoms with E-state index in [1.165, 1.54) is 22.2 Å². The number of benzene rings is 1. The minimum absolute atomic E-state index is 0.723. The van der Waals surface area contributed by atoms with Crippen LogP contribution >= 0.6 is 0 Å². The Morgan fingerprint density at radius 2 is 2.00 bits per heavy atom. The minimum Gasteiger partial charge on any atom is -0.347 e. The third-order valence-corrected chi connectivity index (χ3v) is 3.07. The maximum atomic E-state index is 5.68. The molecule has 0 aliphatic heterocycles. The van der Waals surface area contributed by atoms with Gasteiger partial charge in [0.1, 0.15) is 0 Å². The van der Waals surface area contributed by atoms with Crippen LogP contribution in [0.1, 0.15) is 18.2 Å². The van der Waals surface area contributed by atoms with Crippen molar-refractivity contribution in [2.75, 3.05) is 6.54 Å². The van der Waals surface area contributed by atoms with Gasteiger partial charge >= 0.3 is 0 Å². The van der Waals surface area contributed by atoms with Crippen LogP contribution in [0, 0.1) is 0 Å². The van der Waals surface area contributed by atoms with E-state index in [0.29, 0.717) is 0 Å². The second-order valence-corrected chi connectivity index (χ2v) is 3.89. The molecule has 0 saturated carbocycles. The standard InChI is InChI=1S/C13H18N2/c1-3-12-11(8-9-14)10-6-4-5-7-13(10)15(12)2/h4-7H,3,8-9,14H2,1-2H3. The summed E-state index contributed by atoms with van der Waals surface area (Å²) >= 11 is 0. The maximum Gasteiger partial charge on any atom is 0.0482 e. The smallest absolute Gasteiger partial charge is 0.0482 e. The molecule has 1 heterocycles. The van der Waals surface area contributed by atoms with Crippen molar-refractivity contribution in [2.45, 2.75) is 19.8 Å². The fraction of sp³-hybridized carbons (Fsp3) is 0.385. The van der Waals surface area contributed by atoms with Crippen molar-refractivity contribution < 1.29 is 0 Å². The first-order valence-corrected chi connectivity index (χ1v) is 5.54. The molecule has 2 nitrogen and oxygen atoms in total. The quantitative estimate of drug-likeness (QED) is 0.813. The highest BCUT2D eigenvalue weighted by Crippen LogP contribution is 2.25. The molecule has 0 bridgehead atoms. The van der Waals surface area contributed by atoms with Crippen LogP contribution in [0.2, 0.25) is 0 Å². The van der Waals surface area contributed by atoms with Gasteiger partial charge in [0.2, 0.25) is 0 Å². The van der Waals surface area contributed by atoms with Gasteiger partial charge in [-0.1, -0.05) is 25.1 Å². The predicted molar refractivity (Wildman–Crippen MR) is 65.1 cm³/mol. The molecule has 2 rings (SSSR count). The number of para-hydroxylation sites is 1. The highest BCUT2D eigenvalue weighted by Gasteiger charge is 2.11. The predicted octanol–water partition coefficient (Wildman–Crippen LogP) is 2.24. The van der Waals surface area contributed by atoms with Crippen LogP contribution in [-0.2, 0) is 19.9 Å². The molecule has 0 radical (unpaired) electrons. The molecule has 2 N–H and O–H groups in total. The van der Waals surface area contributed by atoms with Gasteiger partial charge in [-0.25, -0.2) is 0 Å². The number of aromatic nitrogens is 1. The Hall–Kier alpha value is -1.28. The van der Waals surface area contributed by atoms with E-state index in [0.717, 1.165) is 19.4 Å². The lowest BCUT2D eigenvalue weighted by Gasteiger charge is -2.03. The molecule has 0 amide bonds. The summed E-state index contributed by atoms with van der Waals surface area (Å²) in [4.78, 5) is 0. The van der Waals surface area contributed by atoms with Crippen molar-refractivity contribution in [3.8, 4) is 0 Å². The third kappa shape index (κ3) is 1.55. The molecule has 0 saturated heterocycles. The number of aryl methyl sites for hydroxylation is 1. The molecular formula is C13H18N2. The van der Waals surface area contributed by atoms with E-state index in [4.69, 9.17) is 5.73 Å². The molecule has 2 aromatic rings. The Kier molecular flexibility index (Phi) is 2.78. The molecule has 2 heteroatoms. The molecule has 1 aromatic heterocycles. The van der Waals surface area contributed by atoms with Gasteiger partial charge in [-0.3, -0.25) is 0 Å². The second-order valence-electron chi connectivity index (χ2n) is 3.89. The van der Waals surface area contributed by atoms with Crippen LogP contribution in [0.25, 0.3) is 10.9 Å². The van der Waals surface area contributed by atoms with Gasteiger partial charge in [-0.15, -0.1) is 0 Å². The lowest BCUT2D eigenvalue weighted by atomic mass is 10.1. The molecular weight excluding hydrogens is 184 g/mol. The van der Waals surface area contributed by atoms with E-state index < -0.39 is 0 Å². The van der Waals surface area contributed by atoms with E-state index in [2.05, 4.69) is 42.8 Å². The molecule has 80 valence electrons. The summed E-state index contributed by atoms with van der Waals surface area (Å²) in [5.74, 6) is 0. The fourth-order valence-electron chi connectivity index (χ4n) is 2.40. The van der Waals surface area contributed by atoms with Crippen LogP contribution in [0.3, 0.4) is 0 Å². The Balaban J connectivity index is 2.73. The lowest BCUT2D eigenvalue weighted by molar-refractivity contribution is 0.835. The van der Waals surface area contributed by atoms with Gasteiger partial charge in [-0.2, -0.15) is 0 Å². The van der Waals surface area contributed by atoms with Gasteiger partial charge < -0.3 is 10.3 Å². The Morgan fingerprint density at radius 1 is 1.27 bits per heavy atom. The van der Waals surface area contributed by atoms with Crippen molar-refractivity contribution in [1.82, 2.24) is 4.57 Å². The van der Waals surface area contributed by atoms with E-state index >= 15 is 0 Å². The second kappa shape index (κ2) is 4.07. The molecule has 0 fully saturated rings. The molecule has 0 aliphatic carbocycles. The van der Waals surface area contributed by atoms with E-state index in [1.807, 2.05) is 0 Å². The first kappa shape index (κ1) is 10.2. The summed E-state index contributed by atoms with van der Waals surface area (Å²) in [6, 6.07) is 8.56. The minimum atomic E-state index is 0.723. The Labute approximate surface area is 90.7 Å². The topological polar surface area (TPSA) is 30.9 Å². The molecule has 0 aliphatic rings. The largest absolute Gasteiger partial charge is 0.347 e. The van der Waals surface area contributed by atoms with E-state index in [1.54, 1.807) is 0 Å². The van der Waals surface area contributed by atoms with Crippen LogP contribution < -0.4 is 5.73 Å². The van der Waals surface area contributed by atoms with Crippen LogP contribution in [-0.4, -0.2) is 11.1 Å². The third-order valence-electron chi connectivity index (χ3n) is 3.07. The van der Waals surface area contributed by atoms with Gasteiger partial charge in [0.25, 0.3) is 0 Å².